The van der Waals surface area contributed by atoms with Gasteiger partial charge in [0.05, 0.1) is 11.3 Å². The van der Waals surface area contributed by atoms with Crippen LogP contribution in [0.25, 0.3) is 0 Å². The van der Waals surface area contributed by atoms with Crippen molar-refractivity contribution in [3.05, 3.63) is 28.8 Å². The van der Waals surface area contributed by atoms with Gasteiger partial charge < -0.3 is 0 Å². The van der Waals surface area contributed by atoms with Crippen molar-refractivity contribution in [2.45, 2.75) is 25.7 Å². The molecule has 0 unspecified atom stereocenters. The number of amides is 2. The fourth-order valence-electron chi connectivity index (χ4n) is 1.97. The van der Waals surface area contributed by atoms with Gasteiger partial charge in [-0.15, -0.1) is 0 Å². The summed E-state index contributed by atoms with van der Waals surface area (Å²) < 4.78 is 0. The highest BCUT2D eigenvalue weighted by molar-refractivity contribution is 6.31. The van der Waals surface area contributed by atoms with E-state index in [0.717, 1.165) is 4.90 Å². The Morgan fingerprint density at radius 2 is 1.78 bits per heavy atom. The highest BCUT2D eigenvalue weighted by atomic mass is 35.5. The van der Waals surface area contributed by atoms with Gasteiger partial charge in [-0.2, -0.15) is 5.26 Å². The number of rotatable bonds is 1. The second kappa shape index (κ2) is 5.19. The van der Waals surface area contributed by atoms with Gasteiger partial charge in [0, 0.05) is 17.9 Å². The zero-order valence-electron chi connectivity index (χ0n) is 9.65. The van der Waals surface area contributed by atoms with Gasteiger partial charge in [0.1, 0.15) is 6.07 Å². The minimum atomic E-state index is -0.267. The van der Waals surface area contributed by atoms with Crippen molar-refractivity contribution in [2.24, 2.45) is 0 Å². The van der Waals surface area contributed by atoms with E-state index in [2.05, 4.69) is 0 Å². The molecule has 5 heteroatoms. The first kappa shape index (κ1) is 12.6. The van der Waals surface area contributed by atoms with Gasteiger partial charge in [0.2, 0.25) is 11.8 Å². The molecule has 0 saturated carbocycles. The summed E-state index contributed by atoms with van der Waals surface area (Å²) in [5.74, 6) is -0.535. The van der Waals surface area contributed by atoms with Crippen LogP contribution >= 0.6 is 11.6 Å². The van der Waals surface area contributed by atoms with Crippen molar-refractivity contribution >= 4 is 29.1 Å². The van der Waals surface area contributed by atoms with Crippen LogP contribution in [0.4, 0.5) is 5.69 Å². The molecule has 2 rings (SSSR count). The second-order valence-electron chi connectivity index (χ2n) is 4.10. The van der Waals surface area contributed by atoms with Crippen molar-refractivity contribution in [1.29, 1.82) is 5.26 Å². The first-order valence-electron chi connectivity index (χ1n) is 5.69. The number of nitrogens with zero attached hydrogens (tertiary/aromatic N) is 2. The molecule has 92 valence electrons. The Morgan fingerprint density at radius 1 is 1.17 bits per heavy atom. The molecule has 0 atom stereocenters. The lowest BCUT2D eigenvalue weighted by atomic mass is 10.1. The Hall–Kier alpha value is -1.86. The summed E-state index contributed by atoms with van der Waals surface area (Å²) in [7, 11) is 0. The maximum atomic E-state index is 12.0. The molecular formula is C13H11ClN2O2. The molecule has 1 fully saturated rings. The smallest absolute Gasteiger partial charge is 0.233 e. The molecule has 1 heterocycles. The first-order chi connectivity index (χ1) is 8.63. The van der Waals surface area contributed by atoms with E-state index in [1.54, 1.807) is 6.07 Å². The first-order valence-corrected chi connectivity index (χ1v) is 6.06. The Kier molecular flexibility index (Phi) is 3.63. The summed E-state index contributed by atoms with van der Waals surface area (Å²) >= 11 is 5.87. The second-order valence-corrected chi connectivity index (χ2v) is 4.54. The summed E-state index contributed by atoms with van der Waals surface area (Å²) in [6.07, 6.45) is 2.04. The maximum absolute atomic E-state index is 12.0. The van der Waals surface area contributed by atoms with Crippen LogP contribution in [0.1, 0.15) is 31.2 Å². The highest BCUT2D eigenvalue weighted by Crippen LogP contribution is 2.27. The molecule has 0 N–H and O–H groups in total. The third kappa shape index (κ3) is 2.36. The molecule has 1 aromatic carbocycles. The molecule has 1 aliphatic rings. The van der Waals surface area contributed by atoms with Crippen LogP contribution in [-0.4, -0.2) is 11.8 Å². The molecule has 2 amide bonds. The van der Waals surface area contributed by atoms with Crippen molar-refractivity contribution in [2.75, 3.05) is 4.90 Å². The number of benzene rings is 1. The van der Waals surface area contributed by atoms with E-state index in [0.29, 0.717) is 36.4 Å². The van der Waals surface area contributed by atoms with Crippen LogP contribution < -0.4 is 4.90 Å². The predicted octanol–water partition coefficient (Wildman–Crippen LogP) is 2.65. The van der Waals surface area contributed by atoms with E-state index < -0.39 is 0 Å². The fraction of sp³-hybridized carbons (Fsp3) is 0.308. The minimum absolute atomic E-state index is 0.267. The zero-order chi connectivity index (χ0) is 13.1. The van der Waals surface area contributed by atoms with Crippen LogP contribution in [0.3, 0.4) is 0 Å². The normalized spacial score (nSPS) is 16.3. The topological polar surface area (TPSA) is 61.2 Å². The molecule has 0 spiro atoms. The van der Waals surface area contributed by atoms with Gasteiger partial charge in [0.25, 0.3) is 0 Å². The molecule has 4 nitrogen and oxygen atoms in total. The van der Waals surface area contributed by atoms with Gasteiger partial charge in [-0.1, -0.05) is 11.6 Å². The number of carbonyl (C=O) groups excluding carboxylic acids is 2. The summed E-state index contributed by atoms with van der Waals surface area (Å²) in [5.41, 5.74) is 0.574. The number of carbonyl (C=O) groups is 2. The summed E-state index contributed by atoms with van der Waals surface area (Å²) in [5, 5.41) is 9.44. The summed E-state index contributed by atoms with van der Waals surface area (Å²) in [4.78, 5) is 25.0. The SMILES string of the molecule is N#Cc1ccc(Cl)cc1N1C(=O)CCCCC1=O. The summed E-state index contributed by atoms with van der Waals surface area (Å²) in [6, 6.07) is 6.55. The van der Waals surface area contributed by atoms with E-state index in [-0.39, 0.29) is 17.4 Å². The van der Waals surface area contributed by atoms with Gasteiger partial charge in [-0.25, -0.2) is 4.90 Å². The van der Waals surface area contributed by atoms with Crippen LogP contribution in [0, 0.1) is 11.3 Å². The van der Waals surface area contributed by atoms with E-state index >= 15 is 0 Å². The van der Waals surface area contributed by atoms with Gasteiger partial charge in [0.15, 0.2) is 0 Å². The molecule has 0 bridgehead atoms. The van der Waals surface area contributed by atoms with E-state index in [1.807, 2.05) is 6.07 Å². The average Bonchev–Trinajstić information content (AvgIpc) is 2.50. The van der Waals surface area contributed by atoms with E-state index in [1.165, 1.54) is 12.1 Å². The molecule has 0 radical (unpaired) electrons. The summed E-state index contributed by atoms with van der Waals surface area (Å²) in [6.45, 7) is 0. The lowest BCUT2D eigenvalue weighted by Gasteiger charge is -2.20. The molecule has 1 aliphatic heterocycles. The molecule has 0 aromatic heterocycles. The van der Waals surface area contributed by atoms with Gasteiger partial charge in [-0.3, -0.25) is 9.59 Å². The Balaban J connectivity index is 2.51. The highest BCUT2D eigenvalue weighted by Gasteiger charge is 2.27. The third-order valence-corrected chi connectivity index (χ3v) is 3.09. The number of hydrogen-bond acceptors (Lipinski definition) is 3. The Morgan fingerprint density at radius 3 is 2.33 bits per heavy atom. The molecule has 0 aliphatic carbocycles. The van der Waals surface area contributed by atoms with Crippen LogP contribution in [0.15, 0.2) is 18.2 Å². The molecule has 1 aromatic rings. The van der Waals surface area contributed by atoms with Crippen LogP contribution in [0.5, 0.6) is 0 Å². The van der Waals surface area contributed by atoms with E-state index in [9.17, 15) is 9.59 Å². The monoisotopic (exact) mass is 262 g/mol. The van der Waals surface area contributed by atoms with E-state index in [4.69, 9.17) is 16.9 Å². The van der Waals surface area contributed by atoms with Gasteiger partial charge >= 0.3 is 0 Å². The lowest BCUT2D eigenvalue weighted by Crippen LogP contribution is -2.35. The number of imide groups is 1. The number of hydrogen-bond donors (Lipinski definition) is 0. The maximum Gasteiger partial charge on any atom is 0.233 e. The molecular weight excluding hydrogens is 252 g/mol. The number of anilines is 1. The van der Waals surface area contributed by atoms with Crippen LogP contribution in [-0.2, 0) is 9.59 Å². The minimum Gasteiger partial charge on any atom is -0.274 e. The third-order valence-electron chi connectivity index (χ3n) is 2.85. The average molecular weight is 263 g/mol. The Labute approximate surface area is 110 Å². The van der Waals surface area contributed by atoms with Crippen molar-refractivity contribution in [1.82, 2.24) is 0 Å². The predicted molar refractivity (Wildman–Crippen MR) is 67.1 cm³/mol. The fourth-order valence-corrected chi connectivity index (χ4v) is 2.13. The van der Waals surface area contributed by atoms with Crippen molar-refractivity contribution < 1.29 is 9.59 Å². The van der Waals surface area contributed by atoms with Gasteiger partial charge in [-0.05, 0) is 31.0 Å². The lowest BCUT2D eigenvalue weighted by molar-refractivity contribution is -0.125. The zero-order valence-corrected chi connectivity index (χ0v) is 10.4. The number of nitriles is 1. The quantitative estimate of drug-likeness (QED) is 0.731. The molecule has 18 heavy (non-hydrogen) atoms. The Bertz CT molecular complexity index is 530. The van der Waals surface area contributed by atoms with Crippen molar-refractivity contribution in [3.63, 3.8) is 0 Å². The largest absolute Gasteiger partial charge is 0.274 e. The number of halogens is 1. The molecule has 1 saturated heterocycles. The van der Waals surface area contributed by atoms with Crippen LogP contribution in [0.2, 0.25) is 5.02 Å². The standard InChI is InChI=1S/C13H11ClN2O2/c14-10-6-5-9(8-15)11(7-10)16-12(17)3-1-2-4-13(16)18/h5-7H,1-4H2. The van der Waals surface area contributed by atoms with Crippen molar-refractivity contribution in [3.8, 4) is 6.07 Å².